The summed E-state index contributed by atoms with van der Waals surface area (Å²) in [5.41, 5.74) is 1.49. The molecule has 0 heterocycles. The van der Waals surface area contributed by atoms with Crippen LogP contribution in [0.4, 0.5) is 5.69 Å². The highest BCUT2D eigenvalue weighted by Crippen LogP contribution is 2.23. The quantitative estimate of drug-likeness (QED) is 0.681. The first kappa shape index (κ1) is 20.9. The number of nitrogens with one attached hydrogen (secondary N) is 2. The molecule has 2 amide bonds. The van der Waals surface area contributed by atoms with Crippen molar-refractivity contribution in [2.45, 2.75) is 6.92 Å². The Hall–Kier alpha value is -2.45. The van der Waals surface area contributed by atoms with Crippen LogP contribution in [0, 0.1) is 0 Å². The smallest absolute Gasteiger partial charge is 0.261 e. The second-order valence-corrected chi connectivity index (χ2v) is 7.09. The van der Waals surface area contributed by atoms with E-state index in [1.165, 1.54) is 4.90 Å². The van der Waals surface area contributed by atoms with Crippen molar-refractivity contribution in [3.8, 4) is 5.75 Å². The van der Waals surface area contributed by atoms with Gasteiger partial charge in [0.15, 0.2) is 5.11 Å². The van der Waals surface area contributed by atoms with Crippen LogP contribution in [-0.2, 0) is 0 Å². The maximum Gasteiger partial charge on any atom is 0.261 e. The van der Waals surface area contributed by atoms with Gasteiger partial charge in [-0.25, -0.2) is 0 Å². The maximum absolute atomic E-state index is 12.6. The number of thiocarbonyl (C=S) groups is 1. The average Bonchev–Trinajstić information content (AvgIpc) is 2.62. The zero-order valence-corrected chi connectivity index (χ0v) is 17.6. The number of anilines is 1. The molecular formula is C19H20BrN3O3S. The second-order valence-electron chi connectivity index (χ2n) is 5.76. The summed E-state index contributed by atoms with van der Waals surface area (Å²) in [7, 11) is 3.36. The third-order valence-corrected chi connectivity index (χ3v) is 4.18. The van der Waals surface area contributed by atoms with Gasteiger partial charge in [0.25, 0.3) is 11.8 Å². The first-order valence-corrected chi connectivity index (χ1v) is 9.38. The first-order valence-electron chi connectivity index (χ1n) is 8.18. The fourth-order valence-corrected chi connectivity index (χ4v) is 2.85. The fourth-order valence-electron chi connectivity index (χ4n) is 2.28. The highest BCUT2D eigenvalue weighted by atomic mass is 79.9. The molecule has 0 aliphatic rings. The zero-order chi connectivity index (χ0) is 20.0. The van der Waals surface area contributed by atoms with Gasteiger partial charge in [0.2, 0.25) is 0 Å². The van der Waals surface area contributed by atoms with Gasteiger partial charge in [-0.2, -0.15) is 0 Å². The van der Waals surface area contributed by atoms with Crippen molar-refractivity contribution in [2.24, 2.45) is 0 Å². The highest BCUT2D eigenvalue weighted by molar-refractivity contribution is 9.10. The summed E-state index contributed by atoms with van der Waals surface area (Å²) in [5.74, 6) is -0.0403. The van der Waals surface area contributed by atoms with Gasteiger partial charge < -0.3 is 15.0 Å². The Morgan fingerprint density at radius 3 is 2.59 bits per heavy atom. The van der Waals surface area contributed by atoms with E-state index in [1.807, 2.05) is 6.92 Å². The summed E-state index contributed by atoms with van der Waals surface area (Å²) >= 11 is 8.57. The lowest BCUT2D eigenvalue weighted by Gasteiger charge is -2.14. The van der Waals surface area contributed by atoms with Crippen LogP contribution in [0.3, 0.4) is 0 Å². The normalized spacial score (nSPS) is 10.1. The van der Waals surface area contributed by atoms with Gasteiger partial charge in [0.05, 0.1) is 12.2 Å². The summed E-state index contributed by atoms with van der Waals surface area (Å²) in [6, 6.07) is 12.1. The molecule has 2 aromatic carbocycles. The van der Waals surface area contributed by atoms with E-state index >= 15 is 0 Å². The Labute approximate surface area is 172 Å². The predicted molar refractivity (Wildman–Crippen MR) is 113 cm³/mol. The van der Waals surface area contributed by atoms with Gasteiger partial charge >= 0.3 is 0 Å². The van der Waals surface area contributed by atoms with Crippen molar-refractivity contribution in [3.63, 3.8) is 0 Å². The maximum atomic E-state index is 12.6. The summed E-state index contributed by atoms with van der Waals surface area (Å²) in [6.07, 6.45) is 0. The van der Waals surface area contributed by atoms with Gasteiger partial charge in [0, 0.05) is 29.8 Å². The summed E-state index contributed by atoms with van der Waals surface area (Å²) in [6.45, 7) is 2.29. The molecular weight excluding hydrogens is 430 g/mol. The molecule has 8 heteroatoms. The van der Waals surface area contributed by atoms with Crippen molar-refractivity contribution in [3.05, 3.63) is 58.1 Å². The van der Waals surface area contributed by atoms with E-state index in [0.717, 1.165) is 4.47 Å². The lowest BCUT2D eigenvalue weighted by molar-refractivity contribution is 0.0827. The molecule has 0 spiro atoms. The monoisotopic (exact) mass is 449 g/mol. The number of rotatable bonds is 5. The number of carbonyl (C=O) groups is 2. The summed E-state index contributed by atoms with van der Waals surface area (Å²) < 4.78 is 6.24. The van der Waals surface area contributed by atoms with Crippen molar-refractivity contribution in [1.82, 2.24) is 10.2 Å². The number of benzene rings is 2. The number of hydrogen-bond acceptors (Lipinski definition) is 4. The molecule has 0 aliphatic heterocycles. The van der Waals surface area contributed by atoms with Crippen LogP contribution in [0.5, 0.6) is 5.75 Å². The largest absolute Gasteiger partial charge is 0.493 e. The number of hydrogen-bond donors (Lipinski definition) is 2. The lowest BCUT2D eigenvalue weighted by atomic mass is 10.2. The van der Waals surface area contributed by atoms with Crippen LogP contribution >= 0.6 is 28.1 Å². The topological polar surface area (TPSA) is 70.7 Å². The first-order chi connectivity index (χ1) is 12.8. The van der Waals surface area contributed by atoms with Crippen molar-refractivity contribution < 1.29 is 14.3 Å². The molecule has 2 N–H and O–H groups in total. The van der Waals surface area contributed by atoms with Crippen LogP contribution in [0.15, 0.2) is 46.9 Å². The molecule has 0 radical (unpaired) electrons. The molecule has 0 saturated carbocycles. The zero-order valence-electron chi connectivity index (χ0n) is 15.2. The molecule has 0 aliphatic carbocycles. The molecule has 0 saturated heterocycles. The standard InChI is InChI=1S/C19H20BrN3O3S/c1-4-26-16-9-8-13(20)11-15(16)17(24)22-19(27)21-14-7-5-6-12(10-14)18(25)23(2)3/h5-11H,4H2,1-3H3,(H2,21,22,24,27). The van der Waals surface area contributed by atoms with E-state index in [-0.39, 0.29) is 11.0 Å². The Kier molecular flexibility index (Phi) is 7.32. The van der Waals surface area contributed by atoms with E-state index in [0.29, 0.717) is 29.2 Å². The highest BCUT2D eigenvalue weighted by Gasteiger charge is 2.15. The molecule has 0 bridgehead atoms. The second kappa shape index (κ2) is 9.48. The number of nitrogens with zero attached hydrogens (tertiary/aromatic N) is 1. The minimum absolute atomic E-state index is 0.121. The van der Waals surface area contributed by atoms with Crippen LogP contribution in [-0.4, -0.2) is 42.5 Å². The Balaban J connectivity index is 2.10. The van der Waals surface area contributed by atoms with E-state index in [4.69, 9.17) is 17.0 Å². The minimum Gasteiger partial charge on any atom is -0.493 e. The van der Waals surface area contributed by atoms with Crippen LogP contribution in [0.25, 0.3) is 0 Å². The minimum atomic E-state index is -0.391. The molecule has 0 atom stereocenters. The van der Waals surface area contributed by atoms with Gasteiger partial charge in [-0.15, -0.1) is 0 Å². The van der Waals surface area contributed by atoms with Gasteiger partial charge in [-0.05, 0) is 55.5 Å². The molecule has 0 unspecified atom stereocenters. The molecule has 142 valence electrons. The van der Waals surface area contributed by atoms with E-state index < -0.39 is 5.91 Å². The van der Waals surface area contributed by atoms with Crippen LogP contribution in [0.2, 0.25) is 0 Å². The van der Waals surface area contributed by atoms with Crippen molar-refractivity contribution in [2.75, 3.05) is 26.0 Å². The third kappa shape index (κ3) is 5.77. The number of amides is 2. The summed E-state index contributed by atoms with van der Waals surface area (Å²) in [5, 5.41) is 5.67. The fraction of sp³-hybridized carbons (Fsp3) is 0.211. The molecule has 2 aromatic rings. The SMILES string of the molecule is CCOc1ccc(Br)cc1C(=O)NC(=S)Nc1cccc(C(=O)N(C)C)c1. The number of ether oxygens (including phenoxy) is 1. The van der Waals surface area contributed by atoms with Crippen LogP contribution < -0.4 is 15.4 Å². The van der Waals surface area contributed by atoms with Crippen molar-refractivity contribution >= 4 is 50.8 Å². The van der Waals surface area contributed by atoms with Crippen LogP contribution in [0.1, 0.15) is 27.6 Å². The number of carbonyl (C=O) groups excluding carboxylic acids is 2. The van der Waals surface area contributed by atoms with Gasteiger partial charge in [0.1, 0.15) is 5.75 Å². The Morgan fingerprint density at radius 1 is 1.19 bits per heavy atom. The molecule has 0 aromatic heterocycles. The third-order valence-electron chi connectivity index (χ3n) is 3.49. The number of halogens is 1. The van der Waals surface area contributed by atoms with Gasteiger partial charge in [-0.3, -0.25) is 14.9 Å². The summed E-state index contributed by atoms with van der Waals surface area (Å²) in [4.78, 5) is 26.1. The van der Waals surface area contributed by atoms with Gasteiger partial charge in [-0.1, -0.05) is 22.0 Å². The van der Waals surface area contributed by atoms with Crippen molar-refractivity contribution in [1.29, 1.82) is 0 Å². The van der Waals surface area contributed by atoms with E-state index in [1.54, 1.807) is 56.6 Å². The molecule has 6 nitrogen and oxygen atoms in total. The molecule has 2 rings (SSSR count). The Morgan fingerprint density at radius 2 is 1.93 bits per heavy atom. The molecule has 27 heavy (non-hydrogen) atoms. The average molecular weight is 450 g/mol. The Bertz CT molecular complexity index is 871. The lowest BCUT2D eigenvalue weighted by Crippen LogP contribution is -2.34. The predicted octanol–water partition coefficient (Wildman–Crippen LogP) is 3.68. The van der Waals surface area contributed by atoms with E-state index in [9.17, 15) is 9.59 Å². The molecule has 0 fully saturated rings. The van der Waals surface area contributed by atoms with E-state index in [2.05, 4.69) is 26.6 Å².